The Morgan fingerprint density at radius 1 is 1.39 bits per heavy atom. The molecule has 0 aliphatic carbocycles. The Morgan fingerprint density at radius 3 is 2.61 bits per heavy atom. The van der Waals surface area contributed by atoms with Gasteiger partial charge in [0.1, 0.15) is 12.4 Å². The maximum atomic E-state index is 11.4. The molecule has 1 N–H and O–H groups in total. The van der Waals surface area contributed by atoms with Crippen molar-refractivity contribution in [3.05, 3.63) is 35.4 Å². The van der Waals surface area contributed by atoms with Crippen molar-refractivity contribution in [2.24, 2.45) is 5.92 Å². The van der Waals surface area contributed by atoms with Gasteiger partial charge in [-0.15, -0.1) is 0 Å². The van der Waals surface area contributed by atoms with Gasteiger partial charge < -0.3 is 14.6 Å². The molecule has 23 heavy (non-hydrogen) atoms. The van der Waals surface area contributed by atoms with Crippen LogP contribution in [0.15, 0.2) is 24.3 Å². The molecule has 2 rings (SSSR count). The van der Waals surface area contributed by atoms with Crippen molar-refractivity contribution in [2.45, 2.75) is 46.9 Å². The van der Waals surface area contributed by atoms with E-state index in [9.17, 15) is 9.90 Å². The Balaban J connectivity index is 0.00000155. The second kappa shape index (κ2) is 11.3. The third-order valence-corrected chi connectivity index (χ3v) is 3.62. The van der Waals surface area contributed by atoms with Gasteiger partial charge in [0.25, 0.3) is 0 Å². The summed E-state index contributed by atoms with van der Waals surface area (Å²) in [6, 6.07) is 7.66. The van der Waals surface area contributed by atoms with Crippen LogP contribution < -0.4 is 0 Å². The molecule has 0 saturated carbocycles. The number of methoxy groups -OCH3 is 1. The number of hydrogen-bond acceptors (Lipinski definition) is 5. The first kappa shape index (κ1) is 21.7. The molecule has 5 nitrogen and oxygen atoms in total. The number of carbonyl (C=O) groups excluding carboxylic acids is 1. The molecule has 5 heteroatoms. The summed E-state index contributed by atoms with van der Waals surface area (Å²) in [7, 11) is 1.58. The lowest BCUT2D eigenvalue weighted by Crippen LogP contribution is -2.36. The lowest BCUT2D eigenvalue weighted by molar-refractivity contribution is -0.177. The number of aryl methyl sites for hydroxylation is 1. The molecule has 1 heterocycles. The first-order chi connectivity index (χ1) is 10.7. The number of rotatable bonds is 6. The number of hydroxylamine groups is 2. The van der Waals surface area contributed by atoms with Crippen molar-refractivity contribution in [1.29, 1.82) is 0 Å². The number of benzene rings is 1. The van der Waals surface area contributed by atoms with Crippen LogP contribution in [0.2, 0.25) is 0 Å². The van der Waals surface area contributed by atoms with Crippen LogP contribution in [0, 0.1) is 12.8 Å². The van der Waals surface area contributed by atoms with E-state index in [0.717, 1.165) is 17.4 Å². The Morgan fingerprint density at radius 2 is 2.09 bits per heavy atom. The van der Waals surface area contributed by atoms with E-state index < -0.39 is 12.1 Å². The summed E-state index contributed by atoms with van der Waals surface area (Å²) in [4.78, 5) is 17.1. The highest BCUT2D eigenvalue weighted by Crippen LogP contribution is 2.28. The molecule has 132 valence electrons. The van der Waals surface area contributed by atoms with Crippen molar-refractivity contribution in [2.75, 3.05) is 20.3 Å². The molecule has 1 saturated heterocycles. The molecule has 3 atom stereocenters. The molecule has 0 radical (unpaired) electrons. The molecule has 1 aliphatic rings. The third kappa shape index (κ3) is 5.70. The van der Waals surface area contributed by atoms with Crippen molar-refractivity contribution < 1.29 is 19.5 Å². The standard InChI is InChI=1S/C15H21NO4.C2H6.CH4/c1-11-4-3-5-12(6-11)7-16-14(8-17)13(10-19-2)15(9-18)20-16;1-2;/h3-6,8,13-15,18H,7,9-10H2,1-2H3;1-2H3;1H4/t13?,14-,15?;;/m1../s1. The average Bonchev–Trinajstić information content (AvgIpc) is 2.86. The maximum absolute atomic E-state index is 11.4. The number of ether oxygens (including phenoxy) is 1. The minimum Gasteiger partial charge on any atom is -0.394 e. The average molecular weight is 325 g/mol. The number of nitrogens with zero attached hydrogens (tertiary/aromatic N) is 1. The van der Waals surface area contributed by atoms with E-state index in [0.29, 0.717) is 13.2 Å². The van der Waals surface area contributed by atoms with E-state index in [4.69, 9.17) is 9.57 Å². The fraction of sp³-hybridized carbons (Fsp3) is 0.611. The van der Waals surface area contributed by atoms with Gasteiger partial charge in [0, 0.05) is 19.6 Å². The minimum absolute atomic E-state index is 0. The molecular weight excluding hydrogens is 294 g/mol. The van der Waals surface area contributed by atoms with Crippen LogP contribution in [0.25, 0.3) is 0 Å². The van der Waals surface area contributed by atoms with Crippen molar-refractivity contribution in [1.82, 2.24) is 5.06 Å². The Bertz CT molecular complexity index is 452. The van der Waals surface area contributed by atoms with Gasteiger partial charge in [0.15, 0.2) is 0 Å². The number of carbonyl (C=O) groups is 1. The van der Waals surface area contributed by atoms with E-state index in [1.54, 1.807) is 12.2 Å². The number of aliphatic hydroxyl groups excluding tert-OH is 1. The van der Waals surface area contributed by atoms with E-state index in [2.05, 4.69) is 6.07 Å². The van der Waals surface area contributed by atoms with Crippen LogP contribution in [0.3, 0.4) is 0 Å². The minimum atomic E-state index is -0.396. The zero-order valence-electron chi connectivity index (χ0n) is 13.9. The van der Waals surface area contributed by atoms with Crippen molar-refractivity contribution >= 4 is 6.29 Å². The third-order valence-electron chi connectivity index (χ3n) is 3.62. The van der Waals surface area contributed by atoms with Gasteiger partial charge in [0.05, 0.1) is 19.3 Å². The second-order valence-corrected chi connectivity index (χ2v) is 5.14. The summed E-state index contributed by atoms with van der Waals surface area (Å²) in [5.41, 5.74) is 2.24. The zero-order chi connectivity index (χ0) is 16.5. The molecular formula is C18H31NO4. The van der Waals surface area contributed by atoms with Gasteiger partial charge in [-0.05, 0) is 12.5 Å². The molecule has 1 aromatic rings. The molecule has 1 fully saturated rings. The van der Waals surface area contributed by atoms with Gasteiger partial charge in [-0.3, -0.25) is 4.84 Å². The molecule has 2 unspecified atom stereocenters. The largest absolute Gasteiger partial charge is 0.394 e. The van der Waals surface area contributed by atoms with E-state index in [-0.39, 0.29) is 20.0 Å². The van der Waals surface area contributed by atoms with Crippen LogP contribution in [0.4, 0.5) is 0 Å². The van der Waals surface area contributed by atoms with E-state index in [1.165, 1.54) is 0 Å². The van der Waals surface area contributed by atoms with E-state index in [1.807, 2.05) is 39.0 Å². The van der Waals surface area contributed by atoms with Crippen LogP contribution in [-0.4, -0.2) is 48.9 Å². The Kier molecular flexibility index (Phi) is 10.7. The number of hydrogen-bond donors (Lipinski definition) is 1. The highest BCUT2D eigenvalue weighted by molar-refractivity contribution is 5.58. The zero-order valence-corrected chi connectivity index (χ0v) is 13.9. The summed E-state index contributed by atoms with van der Waals surface area (Å²) in [6.07, 6.45) is 0.477. The first-order valence-corrected chi connectivity index (χ1v) is 7.73. The topological polar surface area (TPSA) is 59.0 Å². The Labute approximate surface area is 140 Å². The van der Waals surface area contributed by atoms with Crippen LogP contribution in [0.5, 0.6) is 0 Å². The summed E-state index contributed by atoms with van der Waals surface area (Å²) in [5.74, 6) is -0.146. The highest BCUT2D eigenvalue weighted by Gasteiger charge is 2.42. The highest BCUT2D eigenvalue weighted by atomic mass is 16.7. The van der Waals surface area contributed by atoms with Gasteiger partial charge >= 0.3 is 0 Å². The normalized spacial score (nSPS) is 23.6. The molecule has 1 aliphatic heterocycles. The fourth-order valence-corrected chi connectivity index (χ4v) is 2.62. The summed E-state index contributed by atoms with van der Waals surface area (Å²) in [6.45, 7) is 6.80. The number of aldehydes is 1. The van der Waals surface area contributed by atoms with Crippen LogP contribution in [0.1, 0.15) is 32.4 Å². The van der Waals surface area contributed by atoms with Gasteiger partial charge in [-0.2, -0.15) is 5.06 Å². The maximum Gasteiger partial charge on any atom is 0.140 e. The summed E-state index contributed by atoms with van der Waals surface area (Å²) >= 11 is 0. The Hall–Kier alpha value is -1.27. The van der Waals surface area contributed by atoms with Gasteiger partial charge in [-0.1, -0.05) is 51.1 Å². The lowest BCUT2D eigenvalue weighted by Gasteiger charge is -2.20. The van der Waals surface area contributed by atoms with Crippen LogP contribution >= 0.6 is 0 Å². The fourth-order valence-electron chi connectivity index (χ4n) is 2.62. The quantitative estimate of drug-likeness (QED) is 0.815. The number of aliphatic hydroxyl groups is 1. The van der Waals surface area contributed by atoms with Gasteiger partial charge in [0.2, 0.25) is 0 Å². The van der Waals surface area contributed by atoms with Crippen LogP contribution in [-0.2, 0) is 20.9 Å². The summed E-state index contributed by atoms with van der Waals surface area (Å²) in [5, 5.41) is 11.0. The molecule has 0 spiro atoms. The molecule has 1 aromatic carbocycles. The van der Waals surface area contributed by atoms with E-state index >= 15 is 0 Å². The smallest absolute Gasteiger partial charge is 0.140 e. The predicted molar refractivity (Wildman–Crippen MR) is 92.0 cm³/mol. The summed E-state index contributed by atoms with van der Waals surface area (Å²) < 4.78 is 5.13. The molecule has 0 bridgehead atoms. The SMILES string of the molecule is C.CC.COCC1C(CO)ON(Cc2cccc(C)c2)[C@@H]1C=O. The molecule has 0 amide bonds. The predicted octanol–water partition coefficient (Wildman–Crippen LogP) is 2.60. The monoisotopic (exact) mass is 325 g/mol. The van der Waals surface area contributed by atoms with Crippen molar-refractivity contribution in [3.63, 3.8) is 0 Å². The molecule has 0 aromatic heterocycles. The van der Waals surface area contributed by atoms with Gasteiger partial charge in [-0.25, -0.2) is 0 Å². The second-order valence-electron chi connectivity index (χ2n) is 5.14. The first-order valence-electron chi connectivity index (χ1n) is 7.73. The van der Waals surface area contributed by atoms with Crippen molar-refractivity contribution in [3.8, 4) is 0 Å². The lowest BCUT2D eigenvalue weighted by atomic mass is 9.97.